The molecule has 0 spiro atoms. The summed E-state index contributed by atoms with van der Waals surface area (Å²) in [7, 11) is 1.94. The van der Waals surface area contributed by atoms with Crippen LogP contribution in [0.3, 0.4) is 0 Å². The minimum Gasteiger partial charge on any atom is -0.489 e. The molecular weight excluding hydrogens is 427 g/mol. The number of carbonyl (C=O) groups is 1. The molecule has 1 fully saturated rings. The molecule has 0 unspecified atom stereocenters. The number of carbonyl (C=O) groups excluding carboxylic acids is 1. The first-order valence-electron chi connectivity index (χ1n) is 10.6. The highest BCUT2D eigenvalue weighted by Crippen LogP contribution is 2.36. The number of benzene rings is 2. The van der Waals surface area contributed by atoms with E-state index in [1.165, 1.54) is 17.4 Å². The lowest BCUT2D eigenvalue weighted by Gasteiger charge is -2.31. The van der Waals surface area contributed by atoms with E-state index < -0.39 is 0 Å². The van der Waals surface area contributed by atoms with E-state index in [2.05, 4.69) is 10.2 Å². The van der Waals surface area contributed by atoms with Crippen LogP contribution in [0.4, 0.5) is 4.39 Å². The second-order valence-corrected chi connectivity index (χ2v) is 9.04. The van der Waals surface area contributed by atoms with Crippen molar-refractivity contribution in [1.29, 1.82) is 0 Å². The van der Waals surface area contributed by atoms with E-state index in [0.717, 1.165) is 23.4 Å². The molecule has 6 nitrogen and oxygen atoms in total. The smallest absolute Gasteiger partial charge is 0.264 e. The number of amides is 1. The third-order valence-electron chi connectivity index (χ3n) is 5.98. The number of rotatable bonds is 5. The van der Waals surface area contributed by atoms with Crippen LogP contribution in [0.25, 0.3) is 10.1 Å². The van der Waals surface area contributed by atoms with Crippen molar-refractivity contribution < 1.29 is 13.9 Å². The van der Waals surface area contributed by atoms with Crippen LogP contribution < -0.4 is 4.74 Å². The van der Waals surface area contributed by atoms with Crippen molar-refractivity contribution in [3.63, 3.8) is 0 Å². The number of hydrogen-bond donors (Lipinski definition) is 0. The van der Waals surface area contributed by atoms with Gasteiger partial charge in [-0.25, -0.2) is 4.39 Å². The number of likely N-dealkylation sites (tertiary alicyclic amines) is 1. The number of thiophene rings is 1. The first-order valence-corrected chi connectivity index (χ1v) is 11.4. The van der Waals surface area contributed by atoms with Gasteiger partial charge < -0.3 is 14.2 Å². The van der Waals surface area contributed by atoms with E-state index in [9.17, 15) is 9.18 Å². The highest BCUT2D eigenvalue weighted by molar-refractivity contribution is 7.21. The average molecular weight is 451 g/mol. The molecule has 0 saturated carbocycles. The predicted octanol–water partition coefficient (Wildman–Crippen LogP) is 4.77. The van der Waals surface area contributed by atoms with Crippen molar-refractivity contribution in [3.8, 4) is 5.75 Å². The quantitative estimate of drug-likeness (QED) is 0.440. The van der Waals surface area contributed by atoms with Gasteiger partial charge in [0, 0.05) is 41.7 Å². The Bertz CT molecular complexity index is 1250. The highest BCUT2D eigenvalue weighted by Gasteiger charge is 2.30. The third-order valence-corrected chi connectivity index (χ3v) is 7.16. The maximum absolute atomic E-state index is 14.7. The molecule has 8 heteroatoms. The summed E-state index contributed by atoms with van der Waals surface area (Å²) in [5, 5.41) is 8.68. The molecule has 2 aromatic heterocycles. The zero-order valence-corrected chi connectivity index (χ0v) is 18.5. The van der Waals surface area contributed by atoms with E-state index in [1.54, 1.807) is 12.4 Å². The van der Waals surface area contributed by atoms with Gasteiger partial charge >= 0.3 is 0 Å². The van der Waals surface area contributed by atoms with Crippen LogP contribution in [0.15, 0.2) is 54.9 Å². The standard InChI is InChI=1S/C24H23FN4O2S/c1-28-15-26-27-23(28)16-10-12-29(13-11-16)24(30)22-18(14-31-17-6-3-2-4-7-17)21-19(25)8-5-9-20(21)32-22/h2-9,15-16H,10-14H2,1H3. The van der Waals surface area contributed by atoms with Gasteiger partial charge in [0.2, 0.25) is 0 Å². The van der Waals surface area contributed by atoms with Crippen molar-refractivity contribution in [2.75, 3.05) is 13.1 Å². The van der Waals surface area contributed by atoms with Gasteiger partial charge in [-0.2, -0.15) is 0 Å². The molecule has 0 atom stereocenters. The summed E-state index contributed by atoms with van der Waals surface area (Å²) in [6.07, 6.45) is 3.36. The first-order chi connectivity index (χ1) is 15.6. The van der Waals surface area contributed by atoms with Gasteiger partial charge in [-0.05, 0) is 37.1 Å². The molecule has 2 aromatic carbocycles. The molecule has 0 bridgehead atoms. The molecule has 0 N–H and O–H groups in total. The fourth-order valence-corrected chi connectivity index (χ4v) is 5.49. The predicted molar refractivity (Wildman–Crippen MR) is 121 cm³/mol. The first kappa shape index (κ1) is 20.6. The van der Waals surface area contributed by atoms with Crippen LogP contribution in [0.2, 0.25) is 0 Å². The monoisotopic (exact) mass is 450 g/mol. The lowest BCUT2D eigenvalue weighted by Crippen LogP contribution is -2.38. The van der Waals surface area contributed by atoms with E-state index in [4.69, 9.17) is 4.74 Å². The Morgan fingerprint density at radius 1 is 1.16 bits per heavy atom. The van der Waals surface area contributed by atoms with Crippen LogP contribution in [0, 0.1) is 5.82 Å². The third kappa shape index (κ3) is 3.86. The number of aryl methyl sites for hydroxylation is 1. The van der Waals surface area contributed by atoms with Crippen molar-refractivity contribution in [3.05, 3.63) is 76.9 Å². The number of hydrogen-bond acceptors (Lipinski definition) is 5. The molecule has 164 valence electrons. The molecule has 4 aromatic rings. The van der Waals surface area contributed by atoms with Gasteiger partial charge in [-0.15, -0.1) is 21.5 Å². The number of fused-ring (bicyclic) bond motifs is 1. The summed E-state index contributed by atoms with van der Waals surface area (Å²) >= 11 is 1.34. The van der Waals surface area contributed by atoms with E-state index in [-0.39, 0.29) is 24.2 Å². The number of ether oxygens (including phenoxy) is 1. The van der Waals surface area contributed by atoms with E-state index in [1.807, 2.05) is 52.9 Å². The van der Waals surface area contributed by atoms with Gasteiger partial charge in [0.25, 0.3) is 5.91 Å². The zero-order chi connectivity index (χ0) is 22.1. The topological polar surface area (TPSA) is 60.2 Å². The number of para-hydroxylation sites is 1. The summed E-state index contributed by atoms with van der Waals surface area (Å²) in [5.74, 6) is 1.54. The SMILES string of the molecule is Cn1cnnc1C1CCN(C(=O)c2sc3cccc(F)c3c2COc2ccccc2)CC1. The minimum absolute atomic E-state index is 0.0614. The minimum atomic E-state index is -0.328. The van der Waals surface area contributed by atoms with Crippen molar-refractivity contribution in [2.45, 2.75) is 25.4 Å². The van der Waals surface area contributed by atoms with Gasteiger partial charge in [0.1, 0.15) is 30.3 Å². The lowest BCUT2D eigenvalue weighted by molar-refractivity contribution is 0.0713. The van der Waals surface area contributed by atoms with Gasteiger partial charge in [0.05, 0.1) is 4.88 Å². The summed E-state index contributed by atoms with van der Waals surface area (Å²) in [6, 6.07) is 14.3. The molecule has 5 rings (SSSR count). The largest absolute Gasteiger partial charge is 0.489 e. The molecule has 1 saturated heterocycles. The second-order valence-electron chi connectivity index (χ2n) is 7.99. The van der Waals surface area contributed by atoms with Crippen LogP contribution in [0.5, 0.6) is 5.75 Å². The van der Waals surface area contributed by atoms with Crippen molar-refractivity contribution in [1.82, 2.24) is 19.7 Å². The van der Waals surface area contributed by atoms with Gasteiger partial charge in [-0.3, -0.25) is 4.79 Å². The molecule has 1 aliphatic rings. The Balaban J connectivity index is 1.40. The number of piperidine rings is 1. The van der Waals surface area contributed by atoms with Crippen molar-refractivity contribution in [2.24, 2.45) is 7.05 Å². The summed E-state index contributed by atoms with van der Waals surface area (Å²) in [6.45, 7) is 1.40. The van der Waals surface area contributed by atoms with Crippen LogP contribution in [-0.2, 0) is 13.7 Å². The molecule has 0 aliphatic carbocycles. The summed E-state index contributed by atoms with van der Waals surface area (Å²) < 4.78 is 23.4. The Hall–Kier alpha value is -3.26. The van der Waals surface area contributed by atoms with Crippen LogP contribution in [-0.4, -0.2) is 38.7 Å². The van der Waals surface area contributed by atoms with Gasteiger partial charge in [0.15, 0.2) is 0 Å². The Kier molecular flexibility index (Phi) is 5.61. The molecule has 0 radical (unpaired) electrons. The maximum Gasteiger partial charge on any atom is 0.264 e. The molecular formula is C24H23FN4O2S. The Morgan fingerprint density at radius 3 is 2.66 bits per heavy atom. The lowest BCUT2D eigenvalue weighted by atomic mass is 9.95. The Labute approximate surface area is 189 Å². The normalized spacial score (nSPS) is 14.8. The van der Waals surface area contributed by atoms with Crippen molar-refractivity contribution >= 4 is 27.3 Å². The highest BCUT2D eigenvalue weighted by atomic mass is 32.1. The number of nitrogens with zero attached hydrogens (tertiary/aromatic N) is 4. The molecule has 1 aliphatic heterocycles. The van der Waals surface area contributed by atoms with Crippen LogP contribution >= 0.6 is 11.3 Å². The fraction of sp³-hybridized carbons (Fsp3) is 0.292. The molecule has 3 heterocycles. The van der Waals surface area contributed by atoms with Crippen LogP contribution in [0.1, 0.15) is 39.8 Å². The second kappa shape index (κ2) is 8.70. The average Bonchev–Trinajstić information content (AvgIpc) is 3.42. The van der Waals surface area contributed by atoms with E-state index >= 15 is 0 Å². The summed E-state index contributed by atoms with van der Waals surface area (Å²) in [5.41, 5.74) is 0.618. The fourth-order valence-electron chi connectivity index (χ4n) is 4.30. The summed E-state index contributed by atoms with van der Waals surface area (Å²) in [4.78, 5) is 15.9. The molecule has 1 amide bonds. The Morgan fingerprint density at radius 2 is 1.94 bits per heavy atom. The number of halogens is 1. The molecule has 32 heavy (non-hydrogen) atoms. The van der Waals surface area contributed by atoms with Gasteiger partial charge in [-0.1, -0.05) is 24.3 Å². The maximum atomic E-state index is 14.7. The van der Waals surface area contributed by atoms with E-state index in [0.29, 0.717) is 34.7 Å². The number of aromatic nitrogens is 3. The zero-order valence-electron chi connectivity index (χ0n) is 17.7.